The van der Waals surface area contributed by atoms with E-state index in [1.807, 2.05) is 0 Å². The summed E-state index contributed by atoms with van der Waals surface area (Å²) in [6.45, 7) is -2.07. The van der Waals surface area contributed by atoms with E-state index in [4.69, 9.17) is 0 Å². The number of halogens is 6. The molecule has 1 saturated heterocycles. The van der Waals surface area contributed by atoms with Crippen LogP contribution in [-0.4, -0.2) is 37.4 Å². The molecule has 78 valence electrons. The van der Waals surface area contributed by atoms with Gasteiger partial charge < -0.3 is 4.74 Å². The first-order valence-electron chi connectivity index (χ1n) is 3.41. The fraction of sp³-hybridized carbons (Fsp3) is 1.00. The molecule has 0 aromatic heterocycles. The third-order valence-electron chi connectivity index (χ3n) is 1.74. The number of hydrogen-bond acceptors (Lipinski definition) is 1. The van der Waals surface area contributed by atoms with E-state index >= 15 is 0 Å². The summed E-state index contributed by atoms with van der Waals surface area (Å²) in [5.41, 5.74) is 0. The highest BCUT2D eigenvalue weighted by Crippen LogP contribution is 2.37. The second-order valence-corrected chi connectivity index (χ2v) is 2.68. The van der Waals surface area contributed by atoms with Gasteiger partial charge in [0.25, 0.3) is 5.85 Å². The van der Waals surface area contributed by atoms with E-state index in [2.05, 4.69) is 4.74 Å². The van der Waals surface area contributed by atoms with Gasteiger partial charge in [-0.1, -0.05) is 0 Å². The van der Waals surface area contributed by atoms with Crippen LogP contribution in [0.15, 0.2) is 0 Å². The highest BCUT2D eigenvalue weighted by atomic mass is 19.2. The van der Waals surface area contributed by atoms with Crippen molar-refractivity contribution in [3.63, 3.8) is 0 Å². The summed E-state index contributed by atoms with van der Waals surface area (Å²) < 4.78 is 77.5. The Morgan fingerprint density at radius 3 is 2.08 bits per heavy atom. The lowest BCUT2D eigenvalue weighted by Crippen LogP contribution is -2.57. The normalized spacial score (nSPS) is 52.2. The van der Waals surface area contributed by atoms with Crippen LogP contribution in [0.3, 0.4) is 0 Å². The molecule has 0 radical (unpaired) electrons. The Labute approximate surface area is 69.7 Å². The Kier molecular flexibility index (Phi) is 2.74. The monoisotopic (exact) mass is 208 g/mol. The second kappa shape index (κ2) is 3.36. The summed E-state index contributed by atoms with van der Waals surface area (Å²) in [5, 5.41) is 0. The molecule has 5 atom stereocenters. The maximum Gasteiger partial charge on any atom is 0.274 e. The van der Waals surface area contributed by atoms with Crippen molar-refractivity contribution in [3.8, 4) is 0 Å². The van der Waals surface area contributed by atoms with Crippen LogP contribution >= 0.6 is 0 Å². The largest absolute Gasteiger partial charge is 0.303 e. The minimum absolute atomic E-state index is 2.07. The SMILES string of the molecule is FCC1(F)OC(F)C(F)C(F)C1F. The van der Waals surface area contributed by atoms with Crippen molar-refractivity contribution in [2.45, 2.75) is 30.7 Å². The van der Waals surface area contributed by atoms with Crippen LogP contribution in [0.4, 0.5) is 26.3 Å². The van der Waals surface area contributed by atoms with Crippen molar-refractivity contribution in [1.29, 1.82) is 0 Å². The average Bonchev–Trinajstić information content (AvgIpc) is 2.12. The van der Waals surface area contributed by atoms with Gasteiger partial charge in [-0.2, -0.15) is 0 Å². The first-order valence-corrected chi connectivity index (χ1v) is 3.41. The van der Waals surface area contributed by atoms with Gasteiger partial charge in [0.2, 0.25) is 6.36 Å². The molecule has 0 spiro atoms. The maximum absolute atomic E-state index is 12.8. The average molecular weight is 208 g/mol. The van der Waals surface area contributed by atoms with Gasteiger partial charge in [0, 0.05) is 0 Å². The van der Waals surface area contributed by atoms with E-state index in [0.29, 0.717) is 0 Å². The first kappa shape index (κ1) is 10.6. The topological polar surface area (TPSA) is 9.23 Å². The summed E-state index contributed by atoms with van der Waals surface area (Å²) in [5.74, 6) is -3.72. The fourth-order valence-corrected chi connectivity index (χ4v) is 0.966. The molecule has 1 aliphatic rings. The van der Waals surface area contributed by atoms with Crippen LogP contribution in [0.5, 0.6) is 0 Å². The molecular weight excluding hydrogens is 202 g/mol. The molecule has 1 nitrogen and oxygen atoms in total. The smallest absolute Gasteiger partial charge is 0.274 e. The van der Waals surface area contributed by atoms with Crippen molar-refractivity contribution in [2.24, 2.45) is 0 Å². The number of ether oxygens (including phenoxy) is 1. The van der Waals surface area contributed by atoms with E-state index in [9.17, 15) is 26.3 Å². The third-order valence-corrected chi connectivity index (χ3v) is 1.74. The van der Waals surface area contributed by atoms with Gasteiger partial charge in [-0.3, -0.25) is 0 Å². The summed E-state index contributed by atoms with van der Waals surface area (Å²) in [4.78, 5) is 0. The van der Waals surface area contributed by atoms with Gasteiger partial charge in [-0.25, -0.2) is 26.3 Å². The van der Waals surface area contributed by atoms with Crippen molar-refractivity contribution in [1.82, 2.24) is 0 Å². The number of alkyl halides is 6. The maximum atomic E-state index is 12.8. The Morgan fingerprint density at radius 1 is 1.08 bits per heavy atom. The van der Waals surface area contributed by atoms with E-state index < -0.39 is 37.4 Å². The van der Waals surface area contributed by atoms with Crippen LogP contribution in [0, 0.1) is 0 Å². The molecule has 7 heteroatoms. The zero-order valence-electron chi connectivity index (χ0n) is 6.19. The van der Waals surface area contributed by atoms with Crippen molar-refractivity contribution in [2.75, 3.05) is 6.67 Å². The Bertz CT molecular complexity index is 190. The van der Waals surface area contributed by atoms with Gasteiger partial charge >= 0.3 is 0 Å². The predicted octanol–water partition coefficient (Wildman–Crippen LogP) is 1.96. The molecule has 1 heterocycles. The summed E-state index contributed by atoms with van der Waals surface area (Å²) in [7, 11) is 0. The molecule has 0 N–H and O–H groups in total. The molecule has 5 unspecified atom stereocenters. The first-order chi connectivity index (χ1) is 5.92. The zero-order valence-corrected chi connectivity index (χ0v) is 6.19. The molecular formula is C6H6F6O. The van der Waals surface area contributed by atoms with Gasteiger partial charge in [0.15, 0.2) is 25.2 Å². The second-order valence-electron chi connectivity index (χ2n) is 2.68. The quantitative estimate of drug-likeness (QED) is 0.598. The van der Waals surface area contributed by atoms with Crippen LogP contribution in [0.25, 0.3) is 0 Å². The highest BCUT2D eigenvalue weighted by molar-refractivity contribution is 4.94. The van der Waals surface area contributed by atoms with E-state index in [-0.39, 0.29) is 0 Å². The van der Waals surface area contributed by atoms with Crippen LogP contribution in [0.2, 0.25) is 0 Å². The van der Waals surface area contributed by atoms with Gasteiger partial charge in [-0.05, 0) is 0 Å². The molecule has 0 bridgehead atoms. The molecule has 0 aromatic carbocycles. The Hall–Kier alpha value is -0.460. The molecule has 1 fully saturated rings. The minimum atomic E-state index is -3.72. The summed E-state index contributed by atoms with van der Waals surface area (Å²) in [6.07, 6.45) is -12.1. The number of rotatable bonds is 1. The summed E-state index contributed by atoms with van der Waals surface area (Å²) in [6, 6.07) is 0. The van der Waals surface area contributed by atoms with Gasteiger partial charge in [-0.15, -0.1) is 0 Å². The van der Waals surface area contributed by atoms with Crippen LogP contribution in [-0.2, 0) is 4.74 Å². The van der Waals surface area contributed by atoms with Crippen molar-refractivity contribution < 1.29 is 31.1 Å². The van der Waals surface area contributed by atoms with E-state index in [1.165, 1.54) is 0 Å². The van der Waals surface area contributed by atoms with Crippen LogP contribution in [0.1, 0.15) is 0 Å². The van der Waals surface area contributed by atoms with Crippen molar-refractivity contribution in [3.05, 3.63) is 0 Å². The molecule has 1 rings (SSSR count). The lowest BCUT2D eigenvalue weighted by molar-refractivity contribution is -0.312. The van der Waals surface area contributed by atoms with Gasteiger partial charge in [0.05, 0.1) is 0 Å². The molecule has 0 aliphatic carbocycles. The lowest BCUT2D eigenvalue weighted by atomic mass is 10.0. The van der Waals surface area contributed by atoms with Crippen LogP contribution < -0.4 is 0 Å². The third kappa shape index (κ3) is 1.61. The minimum Gasteiger partial charge on any atom is -0.303 e. The highest BCUT2D eigenvalue weighted by Gasteiger charge is 2.58. The molecule has 13 heavy (non-hydrogen) atoms. The summed E-state index contributed by atoms with van der Waals surface area (Å²) >= 11 is 0. The predicted molar refractivity (Wildman–Crippen MR) is 30.5 cm³/mol. The standard InChI is InChI=1S/C6H6F6O/c7-1-6(12)4(10)2(8)3(9)5(11)13-6/h2-5H,1H2. The number of hydrogen-bond donors (Lipinski definition) is 0. The van der Waals surface area contributed by atoms with E-state index in [1.54, 1.807) is 0 Å². The van der Waals surface area contributed by atoms with E-state index in [0.717, 1.165) is 0 Å². The van der Waals surface area contributed by atoms with Crippen molar-refractivity contribution >= 4 is 0 Å². The fourth-order valence-electron chi connectivity index (χ4n) is 0.966. The molecule has 0 aromatic rings. The lowest BCUT2D eigenvalue weighted by Gasteiger charge is -2.36. The van der Waals surface area contributed by atoms with Gasteiger partial charge in [0.1, 0.15) is 0 Å². The Morgan fingerprint density at radius 2 is 1.62 bits per heavy atom. The molecule has 0 amide bonds. The molecule has 1 aliphatic heterocycles. The Balaban J connectivity index is 2.82. The zero-order chi connectivity index (χ0) is 10.2. The molecule has 0 saturated carbocycles.